The summed E-state index contributed by atoms with van der Waals surface area (Å²) in [7, 11) is 0. The highest BCUT2D eigenvalue weighted by atomic mass is 16.5. The number of hydrogen-bond donors (Lipinski definition) is 1. The monoisotopic (exact) mass is 327 g/mol. The van der Waals surface area contributed by atoms with E-state index in [2.05, 4.69) is 9.97 Å². The fraction of sp³-hybridized carbons (Fsp3) is 0.294. The fourth-order valence-electron chi connectivity index (χ4n) is 2.68. The van der Waals surface area contributed by atoms with Crippen molar-refractivity contribution in [2.75, 3.05) is 6.61 Å². The van der Waals surface area contributed by atoms with E-state index in [-0.39, 0.29) is 23.7 Å². The SMILES string of the molecule is CCOC(=O)CCc1ncc2c(=O)[nH]c3cc(C(C)=O)ccc3n12. The van der Waals surface area contributed by atoms with Gasteiger partial charge in [-0.2, -0.15) is 0 Å². The predicted molar refractivity (Wildman–Crippen MR) is 88.3 cm³/mol. The van der Waals surface area contributed by atoms with E-state index in [0.29, 0.717) is 35.4 Å². The second-order valence-electron chi connectivity index (χ2n) is 5.44. The molecule has 1 aromatic carbocycles. The van der Waals surface area contributed by atoms with E-state index in [1.165, 1.54) is 13.1 Å². The molecule has 0 spiro atoms. The molecule has 0 saturated carbocycles. The summed E-state index contributed by atoms with van der Waals surface area (Å²) in [5.74, 6) is 0.220. The lowest BCUT2D eigenvalue weighted by molar-refractivity contribution is -0.143. The number of imidazole rings is 1. The minimum Gasteiger partial charge on any atom is -0.466 e. The quantitative estimate of drug-likeness (QED) is 0.570. The standard InChI is InChI=1S/C17H17N3O4/c1-3-24-16(22)7-6-15-18-9-14-17(23)19-12-8-11(10(2)21)4-5-13(12)20(14)15/h4-5,8-9H,3,6-7H2,1-2H3,(H,19,23). The van der Waals surface area contributed by atoms with Crippen molar-refractivity contribution < 1.29 is 14.3 Å². The van der Waals surface area contributed by atoms with Crippen molar-refractivity contribution in [1.29, 1.82) is 0 Å². The number of nitrogens with zero attached hydrogens (tertiary/aromatic N) is 2. The number of fused-ring (bicyclic) bond motifs is 3. The van der Waals surface area contributed by atoms with Crippen LogP contribution >= 0.6 is 0 Å². The number of nitrogens with one attached hydrogen (secondary N) is 1. The summed E-state index contributed by atoms with van der Waals surface area (Å²) < 4.78 is 6.64. The van der Waals surface area contributed by atoms with E-state index < -0.39 is 0 Å². The summed E-state index contributed by atoms with van der Waals surface area (Å²) in [6.45, 7) is 3.56. The number of ether oxygens (including phenoxy) is 1. The van der Waals surface area contributed by atoms with Crippen LogP contribution < -0.4 is 5.56 Å². The summed E-state index contributed by atoms with van der Waals surface area (Å²) in [4.78, 5) is 42.4. The Morgan fingerprint density at radius 3 is 2.79 bits per heavy atom. The lowest BCUT2D eigenvalue weighted by atomic mass is 10.1. The molecule has 24 heavy (non-hydrogen) atoms. The molecular weight excluding hydrogens is 310 g/mol. The Balaban J connectivity index is 2.11. The first kappa shape index (κ1) is 15.9. The van der Waals surface area contributed by atoms with E-state index in [0.717, 1.165) is 5.52 Å². The number of aromatic amines is 1. The third-order valence-electron chi connectivity index (χ3n) is 3.82. The highest BCUT2D eigenvalue weighted by Crippen LogP contribution is 2.17. The van der Waals surface area contributed by atoms with Gasteiger partial charge in [0.2, 0.25) is 0 Å². The number of esters is 1. The van der Waals surface area contributed by atoms with E-state index in [9.17, 15) is 14.4 Å². The fourth-order valence-corrected chi connectivity index (χ4v) is 2.68. The average Bonchev–Trinajstić information content (AvgIpc) is 2.97. The van der Waals surface area contributed by atoms with Crippen LogP contribution in [0.2, 0.25) is 0 Å². The number of carbonyl (C=O) groups is 2. The summed E-state index contributed by atoms with van der Waals surface area (Å²) in [6, 6.07) is 5.12. The normalized spacial score (nSPS) is 11.1. The third kappa shape index (κ3) is 2.80. The van der Waals surface area contributed by atoms with Crippen LogP contribution in [-0.4, -0.2) is 32.7 Å². The number of ketones is 1. The first-order chi connectivity index (χ1) is 11.5. The molecule has 0 aliphatic carbocycles. The number of Topliss-reactive ketones (excluding diaryl/α,β-unsaturated/α-hetero) is 1. The number of carbonyl (C=O) groups excluding carboxylic acids is 2. The Bertz CT molecular complexity index is 1000. The lowest BCUT2D eigenvalue weighted by Gasteiger charge is -2.07. The molecule has 0 saturated heterocycles. The molecule has 124 valence electrons. The summed E-state index contributed by atoms with van der Waals surface area (Å²) in [5, 5.41) is 0. The van der Waals surface area contributed by atoms with Gasteiger partial charge in [-0.25, -0.2) is 4.98 Å². The van der Waals surface area contributed by atoms with Gasteiger partial charge in [-0.3, -0.25) is 18.8 Å². The number of benzene rings is 1. The summed E-state index contributed by atoms with van der Waals surface area (Å²) in [5.41, 5.74) is 1.90. The maximum absolute atomic E-state index is 12.2. The first-order valence-electron chi connectivity index (χ1n) is 7.70. The minimum absolute atomic E-state index is 0.0778. The van der Waals surface area contributed by atoms with Crippen LogP contribution in [0.5, 0.6) is 0 Å². The van der Waals surface area contributed by atoms with E-state index in [4.69, 9.17) is 4.74 Å². The molecule has 7 nitrogen and oxygen atoms in total. The second kappa shape index (κ2) is 6.27. The molecule has 2 aromatic heterocycles. The van der Waals surface area contributed by atoms with Crippen molar-refractivity contribution in [2.45, 2.75) is 26.7 Å². The zero-order valence-electron chi connectivity index (χ0n) is 13.5. The maximum atomic E-state index is 12.2. The van der Waals surface area contributed by atoms with Crippen molar-refractivity contribution in [3.05, 3.63) is 46.1 Å². The molecule has 0 atom stereocenters. The van der Waals surface area contributed by atoms with Crippen LogP contribution in [0.1, 0.15) is 36.5 Å². The Morgan fingerprint density at radius 1 is 1.29 bits per heavy atom. The number of hydrogen-bond acceptors (Lipinski definition) is 5. The van der Waals surface area contributed by atoms with E-state index >= 15 is 0 Å². The van der Waals surface area contributed by atoms with Crippen LogP contribution in [-0.2, 0) is 16.0 Å². The maximum Gasteiger partial charge on any atom is 0.306 e. The summed E-state index contributed by atoms with van der Waals surface area (Å²) >= 11 is 0. The molecule has 0 amide bonds. The molecule has 3 aromatic rings. The van der Waals surface area contributed by atoms with Gasteiger partial charge in [0, 0.05) is 12.0 Å². The van der Waals surface area contributed by atoms with Gasteiger partial charge in [-0.15, -0.1) is 0 Å². The van der Waals surface area contributed by atoms with Crippen LogP contribution in [0.4, 0.5) is 0 Å². The molecule has 0 aliphatic rings. The third-order valence-corrected chi connectivity index (χ3v) is 3.82. The molecule has 0 radical (unpaired) electrons. The van der Waals surface area contributed by atoms with Crippen molar-refractivity contribution >= 4 is 28.3 Å². The Kier molecular flexibility index (Phi) is 4.16. The zero-order valence-corrected chi connectivity index (χ0v) is 13.5. The molecule has 0 aliphatic heterocycles. The van der Waals surface area contributed by atoms with Gasteiger partial charge in [0.05, 0.1) is 30.3 Å². The molecule has 7 heteroatoms. The number of aryl methyl sites for hydroxylation is 1. The largest absolute Gasteiger partial charge is 0.466 e. The summed E-state index contributed by atoms with van der Waals surface area (Å²) in [6.07, 6.45) is 2.03. The van der Waals surface area contributed by atoms with Gasteiger partial charge in [0.25, 0.3) is 5.56 Å². The second-order valence-corrected chi connectivity index (χ2v) is 5.44. The van der Waals surface area contributed by atoms with Gasteiger partial charge in [0.1, 0.15) is 11.3 Å². The van der Waals surface area contributed by atoms with Crippen molar-refractivity contribution in [1.82, 2.24) is 14.4 Å². The minimum atomic E-state index is -0.303. The molecule has 2 heterocycles. The predicted octanol–water partition coefficient (Wildman–Crippen LogP) is 1.87. The first-order valence-corrected chi connectivity index (χ1v) is 7.70. The van der Waals surface area contributed by atoms with Gasteiger partial charge < -0.3 is 9.72 Å². The smallest absolute Gasteiger partial charge is 0.306 e. The Morgan fingerprint density at radius 2 is 2.08 bits per heavy atom. The van der Waals surface area contributed by atoms with Crippen LogP contribution in [0, 0.1) is 0 Å². The van der Waals surface area contributed by atoms with Crippen LogP contribution in [0.15, 0.2) is 29.2 Å². The Labute approximate surface area is 137 Å². The average molecular weight is 327 g/mol. The molecule has 0 fully saturated rings. The number of rotatable bonds is 5. The van der Waals surface area contributed by atoms with Gasteiger partial charge in [-0.1, -0.05) is 0 Å². The van der Waals surface area contributed by atoms with Gasteiger partial charge in [0.15, 0.2) is 5.78 Å². The van der Waals surface area contributed by atoms with Crippen molar-refractivity contribution in [3.63, 3.8) is 0 Å². The molecule has 3 rings (SSSR count). The Hall–Kier alpha value is -2.96. The van der Waals surface area contributed by atoms with E-state index in [1.54, 1.807) is 29.5 Å². The molecule has 0 bridgehead atoms. The molecule has 0 unspecified atom stereocenters. The van der Waals surface area contributed by atoms with Crippen molar-refractivity contribution in [3.8, 4) is 0 Å². The topological polar surface area (TPSA) is 93.5 Å². The van der Waals surface area contributed by atoms with Gasteiger partial charge in [-0.05, 0) is 32.0 Å². The number of H-pyrrole nitrogens is 1. The molecular formula is C17H17N3O4. The van der Waals surface area contributed by atoms with Crippen molar-refractivity contribution in [2.24, 2.45) is 0 Å². The lowest BCUT2D eigenvalue weighted by Crippen LogP contribution is -2.12. The zero-order chi connectivity index (χ0) is 17.3. The molecule has 1 N–H and O–H groups in total. The van der Waals surface area contributed by atoms with Crippen LogP contribution in [0.3, 0.4) is 0 Å². The number of aromatic nitrogens is 3. The van der Waals surface area contributed by atoms with E-state index in [1.807, 2.05) is 0 Å². The van der Waals surface area contributed by atoms with Crippen LogP contribution in [0.25, 0.3) is 16.6 Å². The van der Waals surface area contributed by atoms with Gasteiger partial charge >= 0.3 is 5.97 Å². The highest BCUT2D eigenvalue weighted by Gasteiger charge is 2.13. The highest BCUT2D eigenvalue weighted by molar-refractivity contribution is 5.97.